The van der Waals surface area contributed by atoms with Crippen molar-refractivity contribution in [3.63, 3.8) is 0 Å². The van der Waals surface area contributed by atoms with E-state index in [2.05, 4.69) is 0 Å². The van der Waals surface area contributed by atoms with Gasteiger partial charge in [-0.3, -0.25) is 0 Å². The summed E-state index contributed by atoms with van der Waals surface area (Å²) in [6.07, 6.45) is 5.58. The molecule has 1 aromatic rings. The molecule has 1 saturated carbocycles. The third kappa shape index (κ3) is 3.95. The molecule has 19 heavy (non-hydrogen) atoms. The molecule has 1 aliphatic carbocycles. The molecule has 2 rings (SSSR count). The van der Waals surface area contributed by atoms with Crippen molar-refractivity contribution in [2.24, 2.45) is 11.7 Å². The van der Waals surface area contributed by atoms with Crippen LogP contribution in [0.2, 0.25) is 0 Å². The lowest BCUT2D eigenvalue weighted by Gasteiger charge is -2.15. The van der Waals surface area contributed by atoms with Gasteiger partial charge in [-0.25, -0.2) is 4.79 Å². The van der Waals surface area contributed by atoms with E-state index in [9.17, 15) is 4.79 Å². The van der Waals surface area contributed by atoms with E-state index >= 15 is 0 Å². The standard InChI is InChI=1S/C15H21NO2.ClH/c1-18-15(17)13-7-3-2-5-11(13)9-10-12-6-4-8-14(12)16;/h2-3,5,7,12,14H,4,6,8-10,16H2,1H3;1H/t12-,14-;/m0./s1. The lowest BCUT2D eigenvalue weighted by molar-refractivity contribution is 0.0599. The number of aryl methyl sites for hydroxylation is 1. The minimum Gasteiger partial charge on any atom is -0.465 e. The maximum Gasteiger partial charge on any atom is 0.338 e. The number of carbonyl (C=O) groups is 1. The van der Waals surface area contributed by atoms with E-state index in [1.165, 1.54) is 20.0 Å². The molecule has 0 aromatic heterocycles. The van der Waals surface area contributed by atoms with Gasteiger partial charge in [0.1, 0.15) is 0 Å². The second-order valence-electron chi connectivity index (χ2n) is 5.04. The average molecular weight is 284 g/mol. The Morgan fingerprint density at radius 1 is 1.37 bits per heavy atom. The van der Waals surface area contributed by atoms with Crippen LogP contribution in [0, 0.1) is 5.92 Å². The summed E-state index contributed by atoms with van der Waals surface area (Å²) in [5.74, 6) is 0.358. The second kappa shape index (κ2) is 7.51. The van der Waals surface area contributed by atoms with Crippen LogP contribution in [-0.2, 0) is 11.2 Å². The van der Waals surface area contributed by atoms with Crippen LogP contribution >= 0.6 is 12.4 Å². The monoisotopic (exact) mass is 283 g/mol. The van der Waals surface area contributed by atoms with Gasteiger partial charge in [-0.2, -0.15) is 0 Å². The first-order valence-electron chi connectivity index (χ1n) is 6.64. The molecule has 0 saturated heterocycles. The van der Waals surface area contributed by atoms with Gasteiger partial charge in [0.25, 0.3) is 0 Å². The molecule has 0 unspecified atom stereocenters. The number of rotatable bonds is 4. The fourth-order valence-corrected chi connectivity index (χ4v) is 2.81. The van der Waals surface area contributed by atoms with Crippen molar-refractivity contribution in [3.05, 3.63) is 35.4 Å². The van der Waals surface area contributed by atoms with Crippen LogP contribution in [0.3, 0.4) is 0 Å². The molecule has 2 N–H and O–H groups in total. The summed E-state index contributed by atoms with van der Waals surface area (Å²) in [5, 5.41) is 0. The quantitative estimate of drug-likeness (QED) is 0.865. The van der Waals surface area contributed by atoms with Gasteiger partial charge in [-0.1, -0.05) is 24.6 Å². The number of hydrogen-bond donors (Lipinski definition) is 1. The Hall–Kier alpha value is -1.06. The Labute approximate surface area is 120 Å². The van der Waals surface area contributed by atoms with Crippen LogP contribution in [0.4, 0.5) is 0 Å². The molecule has 0 spiro atoms. The van der Waals surface area contributed by atoms with Gasteiger partial charge in [0.15, 0.2) is 0 Å². The predicted octanol–water partition coefficient (Wildman–Crippen LogP) is 2.96. The van der Waals surface area contributed by atoms with Crippen LogP contribution in [0.25, 0.3) is 0 Å². The zero-order valence-corrected chi connectivity index (χ0v) is 12.1. The van der Waals surface area contributed by atoms with E-state index in [4.69, 9.17) is 10.5 Å². The summed E-state index contributed by atoms with van der Waals surface area (Å²) in [4.78, 5) is 11.6. The molecular formula is C15H22ClNO2. The summed E-state index contributed by atoms with van der Waals surface area (Å²) in [6, 6.07) is 8.02. The van der Waals surface area contributed by atoms with Crippen LogP contribution in [0.1, 0.15) is 41.6 Å². The Morgan fingerprint density at radius 3 is 2.74 bits per heavy atom. The summed E-state index contributed by atoms with van der Waals surface area (Å²) >= 11 is 0. The number of nitrogens with two attached hydrogens (primary N) is 1. The molecular weight excluding hydrogens is 262 g/mol. The van der Waals surface area contributed by atoms with Crippen molar-refractivity contribution in [1.82, 2.24) is 0 Å². The zero-order chi connectivity index (χ0) is 13.0. The van der Waals surface area contributed by atoms with E-state index in [1.54, 1.807) is 0 Å². The largest absolute Gasteiger partial charge is 0.465 e. The molecule has 0 heterocycles. The molecule has 3 nitrogen and oxygen atoms in total. The van der Waals surface area contributed by atoms with E-state index in [1.807, 2.05) is 24.3 Å². The van der Waals surface area contributed by atoms with Gasteiger partial charge in [-0.15, -0.1) is 12.4 Å². The molecule has 1 aromatic carbocycles. The van der Waals surface area contributed by atoms with Crippen molar-refractivity contribution in [2.75, 3.05) is 7.11 Å². The van der Waals surface area contributed by atoms with E-state index in [-0.39, 0.29) is 18.4 Å². The lowest BCUT2D eigenvalue weighted by Crippen LogP contribution is -2.24. The van der Waals surface area contributed by atoms with Gasteiger partial charge in [0.05, 0.1) is 12.7 Å². The number of benzene rings is 1. The highest BCUT2D eigenvalue weighted by molar-refractivity contribution is 5.90. The van der Waals surface area contributed by atoms with Crippen molar-refractivity contribution in [1.29, 1.82) is 0 Å². The molecule has 0 amide bonds. The van der Waals surface area contributed by atoms with Crippen molar-refractivity contribution in [2.45, 2.75) is 38.1 Å². The molecule has 106 valence electrons. The highest BCUT2D eigenvalue weighted by Crippen LogP contribution is 2.28. The first-order valence-corrected chi connectivity index (χ1v) is 6.64. The SMILES string of the molecule is COC(=O)c1ccccc1CC[C@@H]1CCC[C@@H]1N.Cl. The summed E-state index contributed by atoms with van der Waals surface area (Å²) in [6.45, 7) is 0. The van der Waals surface area contributed by atoms with Gasteiger partial charge in [0.2, 0.25) is 0 Å². The Morgan fingerprint density at radius 2 is 2.11 bits per heavy atom. The van der Waals surface area contributed by atoms with Gasteiger partial charge in [-0.05, 0) is 43.2 Å². The summed E-state index contributed by atoms with van der Waals surface area (Å²) < 4.78 is 4.81. The second-order valence-corrected chi connectivity index (χ2v) is 5.04. The van der Waals surface area contributed by atoms with E-state index < -0.39 is 0 Å². The summed E-state index contributed by atoms with van der Waals surface area (Å²) in [5.41, 5.74) is 7.83. The summed E-state index contributed by atoms with van der Waals surface area (Å²) in [7, 11) is 1.42. The normalized spacial score (nSPS) is 21.8. The molecule has 0 radical (unpaired) electrons. The Kier molecular flexibility index (Phi) is 6.32. The molecule has 1 aliphatic rings. The number of hydrogen-bond acceptors (Lipinski definition) is 3. The van der Waals surface area contributed by atoms with Crippen LogP contribution in [0.15, 0.2) is 24.3 Å². The number of halogens is 1. The van der Waals surface area contributed by atoms with Gasteiger partial charge < -0.3 is 10.5 Å². The smallest absolute Gasteiger partial charge is 0.338 e. The predicted molar refractivity (Wildman–Crippen MR) is 78.7 cm³/mol. The van der Waals surface area contributed by atoms with Crippen molar-refractivity contribution >= 4 is 18.4 Å². The highest BCUT2D eigenvalue weighted by atomic mass is 35.5. The highest BCUT2D eigenvalue weighted by Gasteiger charge is 2.23. The maximum atomic E-state index is 11.6. The first kappa shape index (κ1) is 16.0. The topological polar surface area (TPSA) is 52.3 Å². The molecule has 2 atom stereocenters. The number of methoxy groups -OCH3 is 1. The maximum absolute atomic E-state index is 11.6. The third-order valence-electron chi connectivity index (χ3n) is 3.93. The van der Waals surface area contributed by atoms with Gasteiger partial charge in [0, 0.05) is 6.04 Å². The average Bonchev–Trinajstić information content (AvgIpc) is 2.81. The molecule has 0 aliphatic heterocycles. The Bertz CT molecular complexity index is 422. The Balaban J connectivity index is 0.00000180. The van der Waals surface area contributed by atoms with Gasteiger partial charge >= 0.3 is 5.97 Å². The zero-order valence-electron chi connectivity index (χ0n) is 11.3. The minimum absolute atomic E-state index is 0. The van der Waals surface area contributed by atoms with Crippen molar-refractivity contribution in [3.8, 4) is 0 Å². The lowest BCUT2D eigenvalue weighted by atomic mass is 9.93. The van der Waals surface area contributed by atoms with Crippen molar-refractivity contribution < 1.29 is 9.53 Å². The fourth-order valence-electron chi connectivity index (χ4n) is 2.81. The third-order valence-corrected chi connectivity index (χ3v) is 3.93. The van der Waals surface area contributed by atoms with E-state index in [0.29, 0.717) is 17.5 Å². The molecule has 1 fully saturated rings. The first-order chi connectivity index (χ1) is 8.72. The number of carbonyl (C=O) groups excluding carboxylic acids is 1. The minimum atomic E-state index is -0.249. The molecule has 0 bridgehead atoms. The molecule has 4 heteroatoms. The van der Waals surface area contributed by atoms with Crippen LogP contribution in [-0.4, -0.2) is 19.1 Å². The number of esters is 1. The van der Waals surface area contributed by atoms with Crippen LogP contribution < -0.4 is 5.73 Å². The van der Waals surface area contributed by atoms with Crippen LogP contribution in [0.5, 0.6) is 0 Å². The fraction of sp³-hybridized carbons (Fsp3) is 0.533. The number of ether oxygens (including phenoxy) is 1. The van der Waals surface area contributed by atoms with E-state index in [0.717, 1.165) is 24.8 Å².